The van der Waals surface area contributed by atoms with Crippen LogP contribution in [0.5, 0.6) is 6.01 Å². The fourth-order valence-corrected chi connectivity index (χ4v) is 4.67. The molecule has 152 valence electrons. The van der Waals surface area contributed by atoms with Crippen LogP contribution in [0.25, 0.3) is 11.0 Å². The van der Waals surface area contributed by atoms with Gasteiger partial charge in [-0.1, -0.05) is 37.1 Å². The number of hydrogen-bond acceptors (Lipinski definition) is 4. The highest BCUT2D eigenvalue weighted by Crippen LogP contribution is 2.25. The fraction of sp³-hybridized carbons (Fsp3) is 0.500. The molecule has 3 heterocycles. The van der Waals surface area contributed by atoms with Crippen LogP contribution in [0.4, 0.5) is 0 Å². The van der Waals surface area contributed by atoms with Crippen LogP contribution in [-0.4, -0.2) is 39.1 Å². The van der Waals surface area contributed by atoms with Gasteiger partial charge >= 0.3 is 6.01 Å². The molecule has 0 atom stereocenters. The molecule has 0 radical (unpaired) electrons. The first-order valence-electron chi connectivity index (χ1n) is 11.1. The third-order valence-corrected chi connectivity index (χ3v) is 6.38. The van der Waals surface area contributed by atoms with E-state index in [1.54, 1.807) is 0 Å². The zero-order valence-corrected chi connectivity index (χ0v) is 17.1. The van der Waals surface area contributed by atoms with Crippen LogP contribution in [-0.2, 0) is 13.1 Å². The fourth-order valence-electron chi connectivity index (χ4n) is 4.67. The van der Waals surface area contributed by atoms with Crippen molar-refractivity contribution in [1.29, 1.82) is 0 Å². The van der Waals surface area contributed by atoms with Crippen LogP contribution < -0.4 is 4.74 Å². The Kier molecular flexibility index (Phi) is 5.48. The van der Waals surface area contributed by atoms with Gasteiger partial charge in [0.25, 0.3) is 0 Å². The lowest BCUT2D eigenvalue weighted by atomic mass is 10.1. The predicted octanol–water partition coefficient (Wildman–Crippen LogP) is 4.64. The quantitative estimate of drug-likeness (QED) is 0.589. The Bertz CT molecular complexity index is 937. The van der Waals surface area contributed by atoms with Crippen molar-refractivity contribution < 1.29 is 4.74 Å². The highest BCUT2D eigenvalue weighted by molar-refractivity contribution is 5.75. The molecule has 1 saturated carbocycles. The molecule has 1 saturated heterocycles. The molecule has 0 bridgehead atoms. The summed E-state index contributed by atoms with van der Waals surface area (Å²) in [5.74, 6) is 0.667. The van der Waals surface area contributed by atoms with Gasteiger partial charge in [0.2, 0.25) is 0 Å². The van der Waals surface area contributed by atoms with Gasteiger partial charge in [-0.3, -0.25) is 4.90 Å². The lowest BCUT2D eigenvalue weighted by Gasteiger charge is -2.15. The van der Waals surface area contributed by atoms with Crippen LogP contribution in [0, 0.1) is 5.92 Å². The van der Waals surface area contributed by atoms with Crippen molar-refractivity contribution in [3.8, 4) is 6.01 Å². The molecule has 5 rings (SSSR count). The third kappa shape index (κ3) is 4.45. The van der Waals surface area contributed by atoms with E-state index >= 15 is 0 Å². The van der Waals surface area contributed by atoms with Gasteiger partial charge in [0.1, 0.15) is 5.65 Å². The molecule has 1 aromatic carbocycles. The predicted molar refractivity (Wildman–Crippen MR) is 115 cm³/mol. The number of fused-ring (bicyclic) bond motifs is 1. The smallest absolute Gasteiger partial charge is 0.318 e. The molecule has 3 aromatic rings. The topological polar surface area (TPSA) is 43.2 Å². The number of ether oxygens (including phenoxy) is 1. The number of aromatic nitrogens is 3. The van der Waals surface area contributed by atoms with Crippen LogP contribution in [0.2, 0.25) is 0 Å². The van der Waals surface area contributed by atoms with E-state index < -0.39 is 0 Å². The molecule has 0 unspecified atom stereocenters. The van der Waals surface area contributed by atoms with Crippen LogP contribution in [0.1, 0.15) is 49.7 Å². The van der Waals surface area contributed by atoms with Crippen molar-refractivity contribution in [3.05, 3.63) is 53.9 Å². The molecule has 5 nitrogen and oxygen atoms in total. The number of nitrogens with zero attached hydrogens (tertiary/aromatic N) is 4. The molecule has 5 heteroatoms. The molecular weight excluding hydrogens is 360 g/mol. The van der Waals surface area contributed by atoms with Gasteiger partial charge in [-0.05, 0) is 61.9 Å². The second-order valence-electron chi connectivity index (χ2n) is 8.64. The molecule has 1 aliphatic carbocycles. The molecule has 0 amide bonds. The van der Waals surface area contributed by atoms with Crippen LogP contribution >= 0.6 is 0 Å². The maximum atomic E-state index is 5.91. The number of benzene rings is 1. The van der Waals surface area contributed by atoms with Gasteiger partial charge in [-0.2, -0.15) is 4.98 Å². The van der Waals surface area contributed by atoms with Gasteiger partial charge in [0.05, 0.1) is 6.61 Å². The summed E-state index contributed by atoms with van der Waals surface area (Å²) < 4.78 is 8.10. The Morgan fingerprint density at radius 1 is 0.897 bits per heavy atom. The van der Waals surface area contributed by atoms with Gasteiger partial charge in [0, 0.05) is 30.9 Å². The van der Waals surface area contributed by atoms with Crippen molar-refractivity contribution >= 4 is 11.0 Å². The first-order valence-corrected chi connectivity index (χ1v) is 11.1. The maximum Gasteiger partial charge on any atom is 0.318 e. The Morgan fingerprint density at radius 2 is 1.62 bits per heavy atom. The van der Waals surface area contributed by atoms with Crippen molar-refractivity contribution in [2.75, 3.05) is 19.7 Å². The Morgan fingerprint density at radius 3 is 2.38 bits per heavy atom. The van der Waals surface area contributed by atoms with Gasteiger partial charge in [-0.25, -0.2) is 4.98 Å². The SMILES string of the molecule is c1cc(Cn2ccc3cnc(OCC4CCCC4)nc32)ccc1CN1CCCC1. The van der Waals surface area contributed by atoms with Gasteiger partial charge in [-0.15, -0.1) is 0 Å². The lowest BCUT2D eigenvalue weighted by molar-refractivity contribution is 0.235. The average molecular weight is 391 g/mol. The highest BCUT2D eigenvalue weighted by atomic mass is 16.5. The summed E-state index contributed by atoms with van der Waals surface area (Å²) in [7, 11) is 0. The first kappa shape index (κ1) is 18.6. The van der Waals surface area contributed by atoms with E-state index in [2.05, 4.69) is 51.0 Å². The summed E-state index contributed by atoms with van der Waals surface area (Å²) in [4.78, 5) is 11.6. The molecular formula is C24H30N4O. The van der Waals surface area contributed by atoms with Crippen molar-refractivity contribution in [1.82, 2.24) is 19.4 Å². The zero-order valence-electron chi connectivity index (χ0n) is 17.1. The molecule has 0 spiro atoms. The lowest BCUT2D eigenvalue weighted by Crippen LogP contribution is -2.18. The normalized spacial score (nSPS) is 18.1. The minimum absolute atomic E-state index is 0.505. The highest BCUT2D eigenvalue weighted by Gasteiger charge is 2.16. The summed E-state index contributed by atoms with van der Waals surface area (Å²) in [6, 6.07) is 11.6. The van der Waals surface area contributed by atoms with Crippen LogP contribution in [0.3, 0.4) is 0 Å². The van der Waals surface area contributed by atoms with Crippen molar-refractivity contribution in [3.63, 3.8) is 0 Å². The summed E-state index contributed by atoms with van der Waals surface area (Å²) >= 11 is 0. The van der Waals surface area contributed by atoms with Gasteiger partial charge in [0.15, 0.2) is 0 Å². The van der Waals surface area contributed by atoms with E-state index in [1.807, 2.05) is 6.20 Å². The van der Waals surface area contributed by atoms with E-state index in [1.165, 1.54) is 62.7 Å². The Labute approximate surface area is 172 Å². The van der Waals surface area contributed by atoms with Crippen LogP contribution in [0.15, 0.2) is 42.7 Å². The van der Waals surface area contributed by atoms with E-state index in [4.69, 9.17) is 9.72 Å². The maximum absolute atomic E-state index is 5.91. The average Bonchev–Trinajstić information content (AvgIpc) is 3.51. The molecule has 29 heavy (non-hydrogen) atoms. The largest absolute Gasteiger partial charge is 0.463 e. The van der Waals surface area contributed by atoms with E-state index in [0.29, 0.717) is 11.9 Å². The zero-order chi connectivity index (χ0) is 19.5. The standard InChI is InChI=1S/C24H30N4O/c1-2-6-21(5-1)18-29-24-25-15-22-11-14-28(23(22)26-24)17-20-9-7-19(8-10-20)16-27-12-3-4-13-27/h7-11,14-15,21H,1-6,12-13,16-18H2. The number of likely N-dealkylation sites (tertiary alicyclic amines) is 1. The van der Waals surface area contributed by atoms with E-state index in [9.17, 15) is 0 Å². The minimum atomic E-state index is 0.505. The summed E-state index contributed by atoms with van der Waals surface area (Å²) in [5.41, 5.74) is 3.64. The number of rotatable bonds is 7. The van der Waals surface area contributed by atoms with E-state index in [-0.39, 0.29) is 0 Å². The number of hydrogen-bond donors (Lipinski definition) is 0. The Balaban J connectivity index is 1.26. The van der Waals surface area contributed by atoms with Crippen molar-refractivity contribution in [2.24, 2.45) is 5.92 Å². The molecule has 2 aromatic heterocycles. The van der Waals surface area contributed by atoms with Gasteiger partial charge < -0.3 is 9.30 Å². The summed E-state index contributed by atoms with van der Waals surface area (Å²) in [6.45, 7) is 5.10. The Hall–Kier alpha value is -2.40. The van der Waals surface area contributed by atoms with Crippen molar-refractivity contribution in [2.45, 2.75) is 51.6 Å². The van der Waals surface area contributed by atoms with E-state index in [0.717, 1.165) is 30.7 Å². The second kappa shape index (κ2) is 8.54. The molecule has 2 aliphatic rings. The molecule has 2 fully saturated rings. The first-order chi connectivity index (χ1) is 14.3. The monoisotopic (exact) mass is 390 g/mol. The second-order valence-corrected chi connectivity index (χ2v) is 8.64. The summed E-state index contributed by atoms with van der Waals surface area (Å²) in [6.07, 6.45) is 11.8. The molecule has 0 N–H and O–H groups in total. The summed E-state index contributed by atoms with van der Waals surface area (Å²) in [5, 5.41) is 1.06. The minimum Gasteiger partial charge on any atom is -0.463 e. The third-order valence-electron chi connectivity index (χ3n) is 6.38. The molecule has 1 aliphatic heterocycles.